The number of hydrogen-bond acceptors (Lipinski definition) is 4. The normalized spacial score (nSPS) is 13.6. The summed E-state index contributed by atoms with van der Waals surface area (Å²) in [6.45, 7) is 1.51. The van der Waals surface area contributed by atoms with Crippen molar-refractivity contribution in [1.82, 2.24) is 10.2 Å². The summed E-state index contributed by atoms with van der Waals surface area (Å²) in [4.78, 5) is 35.7. The molecular weight excluding hydrogens is 272 g/mol. The average Bonchev–Trinajstić information content (AvgIpc) is 2.71. The molecule has 6 heteroatoms. The van der Waals surface area contributed by atoms with Crippen molar-refractivity contribution in [3.05, 3.63) is 35.4 Å². The Labute approximate surface area is 122 Å². The molecule has 2 rings (SSSR count). The minimum atomic E-state index is -0.825. The van der Waals surface area contributed by atoms with Crippen LogP contribution in [0.25, 0.3) is 0 Å². The SMILES string of the molecule is O=C(O)CCNCCCCN1C(=O)c2ccccc2C1=O. The molecule has 2 N–H and O–H groups in total. The van der Waals surface area contributed by atoms with Crippen molar-refractivity contribution in [2.75, 3.05) is 19.6 Å². The molecule has 21 heavy (non-hydrogen) atoms. The molecule has 2 amide bonds. The summed E-state index contributed by atoms with van der Waals surface area (Å²) in [7, 11) is 0. The number of carbonyl (C=O) groups excluding carboxylic acids is 2. The molecule has 112 valence electrons. The molecule has 1 aromatic carbocycles. The molecule has 0 unspecified atom stereocenters. The number of hydrogen-bond donors (Lipinski definition) is 2. The smallest absolute Gasteiger partial charge is 0.304 e. The van der Waals surface area contributed by atoms with Crippen LogP contribution in [0.5, 0.6) is 0 Å². The predicted molar refractivity (Wildman–Crippen MR) is 76.2 cm³/mol. The molecule has 0 saturated carbocycles. The molecule has 0 aliphatic carbocycles. The largest absolute Gasteiger partial charge is 0.481 e. The third-order valence-corrected chi connectivity index (χ3v) is 3.38. The summed E-state index contributed by atoms with van der Waals surface area (Å²) in [6, 6.07) is 6.84. The highest BCUT2D eigenvalue weighted by Gasteiger charge is 2.34. The number of nitrogens with one attached hydrogen (secondary N) is 1. The molecule has 1 heterocycles. The van der Waals surface area contributed by atoms with Crippen LogP contribution >= 0.6 is 0 Å². The molecule has 0 aromatic heterocycles. The van der Waals surface area contributed by atoms with Crippen LogP contribution in [-0.2, 0) is 4.79 Å². The van der Waals surface area contributed by atoms with Gasteiger partial charge in [0.1, 0.15) is 0 Å². The number of nitrogens with zero attached hydrogens (tertiary/aromatic N) is 1. The fourth-order valence-corrected chi connectivity index (χ4v) is 2.28. The van der Waals surface area contributed by atoms with E-state index in [0.717, 1.165) is 6.42 Å². The van der Waals surface area contributed by atoms with Crippen molar-refractivity contribution in [2.24, 2.45) is 0 Å². The fourth-order valence-electron chi connectivity index (χ4n) is 2.28. The van der Waals surface area contributed by atoms with Crippen LogP contribution in [-0.4, -0.2) is 47.4 Å². The van der Waals surface area contributed by atoms with Gasteiger partial charge in [0.2, 0.25) is 0 Å². The zero-order valence-electron chi connectivity index (χ0n) is 11.7. The Balaban J connectivity index is 1.72. The summed E-state index contributed by atoms with van der Waals surface area (Å²) < 4.78 is 0. The van der Waals surface area contributed by atoms with E-state index in [2.05, 4.69) is 5.32 Å². The second-order valence-corrected chi connectivity index (χ2v) is 4.91. The number of amides is 2. The van der Waals surface area contributed by atoms with Crippen molar-refractivity contribution >= 4 is 17.8 Å². The number of fused-ring (bicyclic) bond motifs is 1. The third kappa shape index (κ3) is 3.66. The molecule has 0 radical (unpaired) electrons. The highest BCUT2D eigenvalue weighted by Crippen LogP contribution is 2.22. The molecule has 0 saturated heterocycles. The Hall–Kier alpha value is -2.21. The second-order valence-electron chi connectivity index (χ2n) is 4.91. The molecular formula is C15H18N2O4. The molecule has 0 bridgehead atoms. The summed E-state index contributed by atoms with van der Waals surface area (Å²) in [5.41, 5.74) is 0.948. The molecule has 1 aromatic rings. The second kappa shape index (κ2) is 6.99. The van der Waals surface area contributed by atoms with E-state index < -0.39 is 5.97 Å². The lowest BCUT2D eigenvalue weighted by molar-refractivity contribution is -0.136. The quantitative estimate of drug-likeness (QED) is 0.553. The predicted octanol–water partition coefficient (Wildman–Crippen LogP) is 1.13. The number of rotatable bonds is 8. The van der Waals surface area contributed by atoms with E-state index in [9.17, 15) is 14.4 Å². The summed E-state index contributed by atoms with van der Waals surface area (Å²) in [6.07, 6.45) is 1.58. The van der Waals surface area contributed by atoms with Gasteiger partial charge in [-0.15, -0.1) is 0 Å². The van der Waals surface area contributed by atoms with E-state index in [-0.39, 0.29) is 18.2 Å². The standard InChI is InChI=1S/C15H18N2O4/c18-13(19)7-9-16-8-3-4-10-17-14(20)11-5-1-2-6-12(11)15(17)21/h1-2,5-6,16H,3-4,7-10H2,(H,18,19). The van der Waals surface area contributed by atoms with Crippen LogP contribution in [0.1, 0.15) is 40.0 Å². The van der Waals surface area contributed by atoms with Crippen LogP contribution in [0.2, 0.25) is 0 Å². The topological polar surface area (TPSA) is 86.7 Å². The van der Waals surface area contributed by atoms with Gasteiger partial charge in [0.25, 0.3) is 11.8 Å². The maximum atomic E-state index is 12.1. The van der Waals surface area contributed by atoms with Crippen LogP contribution in [0.3, 0.4) is 0 Å². The number of unbranched alkanes of at least 4 members (excludes halogenated alkanes) is 1. The van der Waals surface area contributed by atoms with Gasteiger partial charge in [-0.1, -0.05) is 12.1 Å². The maximum absolute atomic E-state index is 12.1. The number of carboxylic acids is 1. The van der Waals surface area contributed by atoms with E-state index >= 15 is 0 Å². The monoisotopic (exact) mass is 290 g/mol. The van der Waals surface area contributed by atoms with Crippen LogP contribution < -0.4 is 5.32 Å². The van der Waals surface area contributed by atoms with Gasteiger partial charge in [-0.2, -0.15) is 0 Å². The van der Waals surface area contributed by atoms with Crippen molar-refractivity contribution in [3.63, 3.8) is 0 Å². The highest BCUT2D eigenvalue weighted by atomic mass is 16.4. The first-order chi connectivity index (χ1) is 10.1. The first kappa shape index (κ1) is 15.2. The van der Waals surface area contributed by atoms with Gasteiger partial charge in [0.15, 0.2) is 0 Å². The van der Waals surface area contributed by atoms with Crippen molar-refractivity contribution in [2.45, 2.75) is 19.3 Å². The number of aliphatic carboxylic acids is 1. The molecule has 0 fully saturated rings. The van der Waals surface area contributed by atoms with Gasteiger partial charge in [0, 0.05) is 13.1 Å². The summed E-state index contributed by atoms with van der Waals surface area (Å²) >= 11 is 0. The molecule has 6 nitrogen and oxygen atoms in total. The summed E-state index contributed by atoms with van der Waals surface area (Å²) in [5.74, 6) is -1.28. The minimum absolute atomic E-state index is 0.0956. The molecule has 1 aliphatic heterocycles. The maximum Gasteiger partial charge on any atom is 0.304 e. The Bertz CT molecular complexity index is 521. The van der Waals surface area contributed by atoms with Crippen LogP contribution in [0, 0.1) is 0 Å². The van der Waals surface area contributed by atoms with E-state index in [1.807, 2.05) is 0 Å². The van der Waals surface area contributed by atoms with Gasteiger partial charge >= 0.3 is 5.97 Å². The number of carboxylic acid groups (broad SMARTS) is 1. The van der Waals surface area contributed by atoms with Gasteiger partial charge in [-0.25, -0.2) is 0 Å². The Morgan fingerprint density at radius 2 is 1.67 bits per heavy atom. The Morgan fingerprint density at radius 3 is 2.24 bits per heavy atom. The van der Waals surface area contributed by atoms with Gasteiger partial charge < -0.3 is 10.4 Å². The molecule has 1 aliphatic rings. The van der Waals surface area contributed by atoms with Crippen LogP contribution in [0.15, 0.2) is 24.3 Å². The first-order valence-corrected chi connectivity index (χ1v) is 6.99. The lowest BCUT2D eigenvalue weighted by Crippen LogP contribution is -2.31. The van der Waals surface area contributed by atoms with E-state index in [0.29, 0.717) is 37.2 Å². The highest BCUT2D eigenvalue weighted by molar-refractivity contribution is 6.21. The van der Waals surface area contributed by atoms with Crippen LogP contribution in [0.4, 0.5) is 0 Å². The van der Waals surface area contributed by atoms with Crippen molar-refractivity contribution < 1.29 is 19.5 Å². The average molecular weight is 290 g/mol. The van der Waals surface area contributed by atoms with E-state index in [1.165, 1.54) is 4.90 Å². The first-order valence-electron chi connectivity index (χ1n) is 6.99. The Kier molecular flexibility index (Phi) is 5.05. The molecule has 0 atom stereocenters. The molecule has 0 spiro atoms. The van der Waals surface area contributed by atoms with Crippen molar-refractivity contribution in [3.8, 4) is 0 Å². The van der Waals surface area contributed by atoms with Gasteiger partial charge in [-0.05, 0) is 31.5 Å². The van der Waals surface area contributed by atoms with Gasteiger partial charge in [-0.3, -0.25) is 19.3 Å². The van der Waals surface area contributed by atoms with Gasteiger partial charge in [0.05, 0.1) is 17.5 Å². The summed E-state index contributed by atoms with van der Waals surface area (Å²) in [5, 5.41) is 11.5. The third-order valence-electron chi connectivity index (χ3n) is 3.38. The Morgan fingerprint density at radius 1 is 1.05 bits per heavy atom. The number of carbonyl (C=O) groups is 3. The fraction of sp³-hybridized carbons (Fsp3) is 0.400. The number of imide groups is 1. The van der Waals surface area contributed by atoms with E-state index in [4.69, 9.17) is 5.11 Å². The zero-order valence-corrected chi connectivity index (χ0v) is 11.7. The zero-order chi connectivity index (χ0) is 15.2. The lowest BCUT2D eigenvalue weighted by Gasteiger charge is -2.13. The lowest BCUT2D eigenvalue weighted by atomic mass is 10.1. The van der Waals surface area contributed by atoms with Crippen molar-refractivity contribution in [1.29, 1.82) is 0 Å². The minimum Gasteiger partial charge on any atom is -0.481 e. The number of benzene rings is 1. The van der Waals surface area contributed by atoms with E-state index in [1.54, 1.807) is 24.3 Å².